The first-order valence-electron chi connectivity index (χ1n) is 27.3. The van der Waals surface area contributed by atoms with E-state index in [1.807, 2.05) is 36.4 Å². The standard InChI is InChI=1S/2C24H29N3O2S.5C2H2O4/c2*1-26(24-25-19-7-3-5-9-23(19)30-24)18-12-14-27(15-13-18)16-20(28)22-11-10-17-6-2-4-8-21(17)29-22;5*3-1(4)2(5)6/h2*2-9,18,20,22,28H,10-16H2,1H3;5*(H,3,4)(H,5,6). The van der Waals surface area contributed by atoms with E-state index < -0.39 is 71.9 Å². The number of rotatable bonds is 10. The SMILES string of the molecule is CN(c1nc2ccccc2s1)C1CCN(CC(O)C2CCc3ccccc3O2)CC1.CN(c1nc2ccccc2s1)C1CCN(CC(O)C2CCc3ccccc3O2)CC1.O=C(O)C(=O)O.O=C(O)C(=O)O.O=C(O)C(=O)O.O=C(O)C(=O)O.O=C(O)C(=O)O. The molecule has 4 unspecified atom stereocenters. The van der Waals surface area contributed by atoms with Gasteiger partial charge in [-0.15, -0.1) is 0 Å². The smallest absolute Gasteiger partial charge is 0.414 e. The van der Waals surface area contributed by atoms with Gasteiger partial charge in [0.2, 0.25) is 0 Å². The minimum atomic E-state index is -1.82. The number of aromatic nitrogens is 2. The number of fused-ring (bicyclic) bond motifs is 4. The normalized spacial score (nSPS) is 16.6. The van der Waals surface area contributed by atoms with Crippen LogP contribution in [0.2, 0.25) is 0 Å². The molecule has 0 saturated carbocycles. The van der Waals surface area contributed by atoms with Crippen LogP contribution in [0.4, 0.5) is 10.3 Å². The Bertz CT molecular complexity index is 2990. The average Bonchev–Trinajstić information content (AvgIpc) is 1.76. The number of aliphatic hydroxyl groups is 2. The average molecular weight is 1300 g/mol. The molecule has 0 spiro atoms. The van der Waals surface area contributed by atoms with Crippen LogP contribution < -0.4 is 19.3 Å². The van der Waals surface area contributed by atoms with Crippen molar-refractivity contribution in [1.82, 2.24) is 19.8 Å². The lowest BCUT2D eigenvalue weighted by Crippen LogP contribution is -2.48. The molecule has 0 aliphatic carbocycles. The molecule has 6 aromatic rings. The van der Waals surface area contributed by atoms with Crippen LogP contribution in [0.1, 0.15) is 49.7 Å². The fourth-order valence-corrected chi connectivity index (χ4v) is 11.3. The summed E-state index contributed by atoms with van der Waals surface area (Å²) in [6.07, 6.45) is 6.98. The number of aryl methyl sites for hydroxylation is 2. The molecule has 2 saturated heterocycles. The van der Waals surface area contributed by atoms with Crippen LogP contribution in [0, 0.1) is 0 Å². The molecule has 4 aliphatic heterocycles. The Morgan fingerprint density at radius 3 is 0.978 bits per heavy atom. The molecule has 30 nitrogen and oxygen atoms in total. The zero-order valence-electron chi connectivity index (χ0n) is 48.4. The van der Waals surface area contributed by atoms with Gasteiger partial charge in [-0.05, 0) is 98.9 Å². The Balaban J connectivity index is 0.000000266. The maximum Gasteiger partial charge on any atom is 0.414 e. The third-order valence-corrected chi connectivity index (χ3v) is 16.2. The highest BCUT2D eigenvalue weighted by Gasteiger charge is 2.33. The van der Waals surface area contributed by atoms with Gasteiger partial charge < -0.3 is 90.4 Å². The van der Waals surface area contributed by atoms with Crippen molar-refractivity contribution < 1.29 is 119 Å². The van der Waals surface area contributed by atoms with E-state index in [0.717, 1.165) is 110 Å². The Labute approximate surface area is 520 Å². The number of hydrogen-bond acceptors (Lipinski definition) is 22. The number of carboxylic acids is 10. The lowest BCUT2D eigenvalue weighted by atomic mass is 9.98. The van der Waals surface area contributed by atoms with Gasteiger partial charge in [0, 0.05) is 65.4 Å². The molecule has 4 aromatic carbocycles. The van der Waals surface area contributed by atoms with E-state index in [9.17, 15) is 10.2 Å². The number of thiazole rings is 2. The number of ether oxygens (including phenoxy) is 2. The minimum absolute atomic E-state index is 0.108. The van der Waals surface area contributed by atoms with E-state index in [-0.39, 0.29) is 12.2 Å². The van der Waals surface area contributed by atoms with Gasteiger partial charge in [0.05, 0.1) is 20.4 Å². The number of anilines is 2. The van der Waals surface area contributed by atoms with Crippen molar-refractivity contribution in [3.63, 3.8) is 0 Å². The molecular formula is C58H68N6O24S2. The third-order valence-electron chi connectivity index (χ3n) is 13.9. The second-order valence-corrected chi connectivity index (χ2v) is 22.0. The van der Waals surface area contributed by atoms with Crippen LogP contribution >= 0.6 is 22.7 Å². The number of nitrogens with zero attached hydrogens (tertiary/aromatic N) is 6. The number of carbonyl (C=O) groups is 10. The Hall–Kier alpha value is -9.60. The highest BCUT2D eigenvalue weighted by Crippen LogP contribution is 2.34. The van der Waals surface area contributed by atoms with Gasteiger partial charge >= 0.3 is 59.7 Å². The summed E-state index contributed by atoms with van der Waals surface area (Å²) >= 11 is 3.54. The lowest BCUT2D eigenvalue weighted by Gasteiger charge is -2.38. The van der Waals surface area contributed by atoms with Crippen LogP contribution in [0.5, 0.6) is 11.5 Å². The summed E-state index contributed by atoms with van der Waals surface area (Å²) in [6.45, 7) is 5.37. The number of piperidine rings is 2. The van der Waals surface area contributed by atoms with E-state index in [2.05, 4.69) is 94.4 Å². The van der Waals surface area contributed by atoms with Crippen molar-refractivity contribution in [3.05, 3.63) is 108 Å². The summed E-state index contributed by atoms with van der Waals surface area (Å²) in [6, 6.07) is 34.0. The van der Waals surface area contributed by atoms with E-state index in [1.54, 1.807) is 22.7 Å². The number of aliphatic hydroxyl groups excluding tert-OH is 2. The predicted octanol–water partition coefficient (Wildman–Crippen LogP) is 3.68. The van der Waals surface area contributed by atoms with Crippen molar-refractivity contribution in [1.29, 1.82) is 0 Å². The molecule has 6 heterocycles. The van der Waals surface area contributed by atoms with Gasteiger partial charge in [-0.25, -0.2) is 57.9 Å². The number of hydrogen-bond donors (Lipinski definition) is 12. The molecular weight excluding hydrogens is 1230 g/mol. The number of para-hydroxylation sites is 4. The summed E-state index contributed by atoms with van der Waals surface area (Å²) < 4.78 is 14.7. The van der Waals surface area contributed by atoms with E-state index >= 15 is 0 Å². The van der Waals surface area contributed by atoms with Crippen LogP contribution in [-0.2, 0) is 60.8 Å². The quantitative estimate of drug-likeness (QED) is 0.0870. The van der Waals surface area contributed by atoms with Crippen LogP contribution in [0.15, 0.2) is 97.1 Å². The van der Waals surface area contributed by atoms with Gasteiger partial charge in [0.25, 0.3) is 0 Å². The number of likely N-dealkylation sites (tertiary alicyclic amines) is 2. The maximum atomic E-state index is 10.8. The number of carboxylic acid groups (broad SMARTS) is 10. The van der Waals surface area contributed by atoms with Gasteiger partial charge in [-0.1, -0.05) is 83.3 Å². The summed E-state index contributed by atoms with van der Waals surface area (Å²) in [5.41, 5.74) is 4.66. The highest BCUT2D eigenvalue weighted by atomic mass is 32.1. The number of benzene rings is 4. The van der Waals surface area contributed by atoms with Crippen LogP contribution in [0.25, 0.3) is 20.4 Å². The van der Waals surface area contributed by atoms with E-state index in [1.165, 1.54) is 20.5 Å². The third kappa shape index (κ3) is 23.8. The highest BCUT2D eigenvalue weighted by molar-refractivity contribution is 7.22. The molecule has 0 radical (unpaired) electrons. The van der Waals surface area contributed by atoms with Gasteiger partial charge in [-0.3, -0.25) is 0 Å². The first-order valence-corrected chi connectivity index (χ1v) is 29.0. The molecule has 10 rings (SSSR count). The van der Waals surface area contributed by atoms with E-state index in [0.29, 0.717) is 25.2 Å². The van der Waals surface area contributed by atoms with Gasteiger partial charge in [0.1, 0.15) is 35.9 Å². The van der Waals surface area contributed by atoms with Crippen LogP contribution in [-0.4, -0.2) is 231 Å². The number of aliphatic carboxylic acids is 10. The molecule has 32 heteroatoms. The van der Waals surface area contributed by atoms with Crippen molar-refractivity contribution in [3.8, 4) is 11.5 Å². The van der Waals surface area contributed by atoms with Gasteiger partial charge in [0.15, 0.2) is 10.3 Å². The lowest BCUT2D eigenvalue weighted by molar-refractivity contribution is -0.159. The zero-order chi connectivity index (χ0) is 66.8. The van der Waals surface area contributed by atoms with Crippen molar-refractivity contribution in [2.45, 2.75) is 87.9 Å². The molecule has 4 atom stereocenters. The molecule has 0 amide bonds. The van der Waals surface area contributed by atoms with Crippen molar-refractivity contribution in [2.75, 3.05) is 63.2 Å². The number of β-amino-alcohol motifs (C(OH)–C–C–N with tert-alkyl or cyclic N) is 2. The fourth-order valence-electron chi connectivity index (χ4n) is 9.31. The predicted molar refractivity (Wildman–Crippen MR) is 322 cm³/mol. The second kappa shape index (κ2) is 36.0. The monoisotopic (exact) mass is 1300 g/mol. The molecule has 12 N–H and O–H groups in total. The Morgan fingerprint density at radius 2 is 0.700 bits per heavy atom. The fraction of sp³-hybridized carbons (Fsp3) is 0.379. The van der Waals surface area contributed by atoms with Crippen LogP contribution in [0.3, 0.4) is 0 Å². The molecule has 4 aliphatic rings. The first-order chi connectivity index (χ1) is 42.6. The summed E-state index contributed by atoms with van der Waals surface area (Å²) in [5.74, 6) is -16.4. The first kappa shape index (κ1) is 72.9. The molecule has 0 bridgehead atoms. The summed E-state index contributed by atoms with van der Waals surface area (Å²) in [7, 11) is 4.33. The molecule has 2 fully saturated rings. The Morgan fingerprint density at radius 1 is 0.433 bits per heavy atom. The second-order valence-electron chi connectivity index (χ2n) is 20.0. The molecule has 90 heavy (non-hydrogen) atoms. The van der Waals surface area contributed by atoms with Gasteiger partial charge in [-0.2, -0.15) is 0 Å². The topological polar surface area (TPSA) is 471 Å². The zero-order valence-corrected chi connectivity index (χ0v) is 50.0. The van der Waals surface area contributed by atoms with E-state index in [4.69, 9.17) is 118 Å². The van der Waals surface area contributed by atoms with Crippen molar-refractivity contribution in [2.24, 2.45) is 0 Å². The molecule has 2 aromatic heterocycles. The maximum absolute atomic E-state index is 10.8. The largest absolute Gasteiger partial charge is 0.487 e. The Kier molecular flexibility index (Phi) is 29.2. The van der Waals surface area contributed by atoms with Crippen molar-refractivity contribution >= 4 is 113 Å². The summed E-state index contributed by atoms with van der Waals surface area (Å²) in [4.78, 5) is 110. The molecule has 486 valence electrons. The summed E-state index contributed by atoms with van der Waals surface area (Å²) in [5, 5.41) is 97.7. The minimum Gasteiger partial charge on any atom is -0.487 e.